The monoisotopic (exact) mass is 268 g/mol. The Bertz CT molecular complexity index is 513. The first-order valence-corrected chi connectivity index (χ1v) is 8.25. The Morgan fingerprint density at radius 3 is 2.89 bits per heavy atom. The number of hydrogen-bond donors (Lipinski definition) is 1. The Kier molecular flexibility index (Phi) is 4.02. The lowest BCUT2D eigenvalue weighted by atomic mass is 10.1. The van der Waals surface area contributed by atoms with Gasteiger partial charge in [-0.1, -0.05) is 6.42 Å². The smallest absolute Gasteiger partial charge is 0.151 e. The zero-order valence-corrected chi connectivity index (χ0v) is 11.7. The largest absolute Gasteiger partial charge is 0.309 e. The van der Waals surface area contributed by atoms with Crippen molar-refractivity contribution in [3.8, 4) is 0 Å². The predicted octanol–water partition coefficient (Wildman–Crippen LogP) is 1.45. The second kappa shape index (κ2) is 5.36. The molecule has 4 nitrogen and oxygen atoms in total. The van der Waals surface area contributed by atoms with Gasteiger partial charge < -0.3 is 5.32 Å². The summed E-state index contributed by atoms with van der Waals surface area (Å²) in [6.07, 6.45) is 7.66. The zero-order chi connectivity index (χ0) is 13.2. The third-order valence-corrected chi connectivity index (χ3v) is 5.37. The van der Waals surface area contributed by atoms with Crippen LogP contribution in [-0.2, 0) is 16.4 Å². The Morgan fingerprint density at radius 2 is 2.22 bits per heavy atom. The maximum atomic E-state index is 11.7. The van der Waals surface area contributed by atoms with Crippen molar-refractivity contribution < 1.29 is 8.42 Å². The number of nitrogens with one attached hydrogen (secondary N) is 1. The van der Waals surface area contributed by atoms with Gasteiger partial charge in [0.1, 0.15) is 0 Å². The van der Waals surface area contributed by atoms with Gasteiger partial charge in [0.05, 0.1) is 5.25 Å². The number of aryl methyl sites for hydroxylation is 1. The van der Waals surface area contributed by atoms with Crippen LogP contribution in [-0.4, -0.2) is 30.9 Å². The molecule has 1 fully saturated rings. The first-order chi connectivity index (χ1) is 8.48. The maximum Gasteiger partial charge on any atom is 0.151 e. The molecule has 1 aliphatic carbocycles. The second-order valence-electron chi connectivity index (χ2n) is 5.09. The summed E-state index contributed by atoms with van der Waals surface area (Å²) in [5.74, 6) is 0. The molecule has 2 rings (SSSR count). The minimum absolute atomic E-state index is 0.0830. The molecule has 1 heterocycles. The molecular formula is C13H20N2O2S. The molecule has 2 unspecified atom stereocenters. The average molecular weight is 268 g/mol. The Hall–Kier alpha value is -0.940. The predicted molar refractivity (Wildman–Crippen MR) is 72.1 cm³/mol. The molecular weight excluding hydrogens is 248 g/mol. The second-order valence-corrected chi connectivity index (χ2v) is 7.35. The van der Waals surface area contributed by atoms with Crippen molar-refractivity contribution >= 4 is 9.84 Å². The van der Waals surface area contributed by atoms with Crippen LogP contribution in [0.4, 0.5) is 0 Å². The molecule has 1 aliphatic rings. The van der Waals surface area contributed by atoms with Gasteiger partial charge in [-0.05, 0) is 37.0 Å². The average Bonchev–Trinajstić information content (AvgIpc) is 2.76. The van der Waals surface area contributed by atoms with Gasteiger partial charge in [0.25, 0.3) is 0 Å². The lowest BCUT2D eigenvalue weighted by Gasteiger charge is -2.20. The summed E-state index contributed by atoms with van der Waals surface area (Å²) >= 11 is 0. The number of aromatic nitrogens is 1. The summed E-state index contributed by atoms with van der Waals surface area (Å²) in [7, 11) is -2.94. The molecule has 0 aromatic carbocycles. The van der Waals surface area contributed by atoms with E-state index in [1.54, 1.807) is 6.20 Å². The van der Waals surface area contributed by atoms with Crippen molar-refractivity contribution in [3.63, 3.8) is 0 Å². The topological polar surface area (TPSA) is 59.1 Å². The summed E-state index contributed by atoms with van der Waals surface area (Å²) in [5.41, 5.74) is 2.32. The van der Waals surface area contributed by atoms with Crippen LogP contribution in [0.25, 0.3) is 0 Å². The highest BCUT2D eigenvalue weighted by Gasteiger charge is 2.34. The van der Waals surface area contributed by atoms with Crippen molar-refractivity contribution in [1.29, 1.82) is 0 Å². The third kappa shape index (κ3) is 3.09. The highest BCUT2D eigenvalue weighted by Crippen LogP contribution is 2.25. The fourth-order valence-corrected chi connectivity index (χ4v) is 4.02. The van der Waals surface area contributed by atoms with Gasteiger partial charge >= 0.3 is 0 Å². The number of hydrogen-bond acceptors (Lipinski definition) is 4. The summed E-state index contributed by atoms with van der Waals surface area (Å²) in [5, 5.41) is 3.15. The first-order valence-electron chi connectivity index (χ1n) is 6.30. The molecule has 0 aliphatic heterocycles. The Balaban J connectivity index is 2.00. The van der Waals surface area contributed by atoms with Crippen LogP contribution in [0, 0.1) is 6.92 Å². The normalized spacial score (nSPS) is 24.3. The molecule has 0 bridgehead atoms. The van der Waals surface area contributed by atoms with Crippen molar-refractivity contribution in [1.82, 2.24) is 10.3 Å². The first kappa shape index (κ1) is 13.5. The van der Waals surface area contributed by atoms with Crippen LogP contribution in [0.1, 0.15) is 30.4 Å². The van der Waals surface area contributed by atoms with Gasteiger partial charge in [-0.25, -0.2) is 8.42 Å². The molecule has 5 heteroatoms. The van der Waals surface area contributed by atoms with Crippen LogP contribution in [0.15, 0.2) is 18.5 Å². The molecule has 0 spiro atoms. The van der Waals surface area contributed by atoms with E-state index in [2.05, 4.69) is 10.3 Å². The van der Waals surface area contributed by atoms with E-state index in [1.807, 2.05) is 19.2 Å². The summed E-state index contributed by atoms with van der Waals surface area (Å²) < 4.78 is 23.3. The fourth-order valence-electron chi connectivity index (χ4n) is 2.59. The highest BCUT2D eigenvalue weighted by atomic mass is 32.2. The van der Waals surface area contributed by atoms with Gasteiger partial charge in [0.15, 0.2) is 9.84 Å². The van der Waals surface area contributed by atoms with Crippen molar-refractivity contribution in [2.45, 2.75) is 44.0 Å². The maximum absolute atomic E-state index is 11.7. The number of pyridine rings is 1. The van der Waals surface area contributed by atoms with Gasteiger partial charge in [0.2, 0.25) is 0 Å². The summed E-state index contributed by atoms with van der Waals surface area (Å²) in [6.45, 7) is 2.73. The highest BCUT2D eigenvalue weighted by molar-refractivity contribution is 7.91. The lowest BCUT2D eigenvalue weighted by Crippen LogP contribution is -2.39. The molecule has 2 atom stereocenters. The standard InChI is InChI=1S/C13H20N2O2S/c1-10-6-7-14-8-11(10)9-15-12-4-3-5-13(12)18(2,16)17/h6-8,12-13,15H,3-5,9H2,1-2H3. The van der Waals surface area contributed by atoms with Crippen LogP contribution in [0.5, 0.6) is 0 Å². The number of sulfone groups is 1. The number of rotatable bonds is 4. The van der Waals surface area contributed by atoms with Gasteiger partial charge in [-0.3, -0.25) is 4.98 Å². The molecule has 0 amide bonds. The minimum atomic E-state index is -2.94. The van der Waals surface area contributed by atoms with Crippen LogP contribution in [0.3, 0.4) is 0 Å². The van der Waals surface area contributed by atoms with E-state index in [0.29, 0.717) is 6.54 Å². The third-order valence-electron chi connectivity index (χ3n) is 3.70. The quantitative estimate of drug-likeness (QED) is 0.898. The van der Waals surface area contributed by atoms with Crippen LogP contribution >= 0.6 is 0 Å². The molecule has 1 aromatic heterocycles. The van der Waals surface area contributed by atoms with Gasteiger partial charge in [-0.2, -0.15) is 0 Å². The van der Waals surface area contributed by atoms with E-state index in [4.69, 9.17) is 0 Å². The fraction of sp³-hybridized carbons (Fsp3) is 0.615. The summed E-state index contributed by atoms with van der Waals surface area (Å²) in [4.78, 5) is 4.10. The van der Waals surface area contributed by atoms with Crippen LogP contribution in [0.2, 0.25) is 0 Å². The van der Waals surface area contributed by atoms with E-state index in [1.165, 1.54) is 11.8 Å². The molecule has 1 saturated carbocycles. The van der Waals surface area contributed by atoms with Crippen LogP contribution < -0.4 is 5.32 Å². The minimum Gasteiger partial charge on any atom is -0.309 e. The Labute approximate surface area is 109 Å². The van der Waals surface area contributed by atoms with E-state index >= 15 is 0 Å². The molecule has 0 saturated heterocycles. The molecule has 100 valence electrons. The van der Waals surface area contributed by atoms with E-state index < -0.39 is 9.84 Å². The van der Waals surface area contributed by atoms with Gasteiger partial charge in [0, 0.05) is 31.2 Å². The van der Waals surface area contributed by atoms with Crippen molar-refractivity contribution in [2.75, 3.05) is 6.26 Å². The van der Waals surface area contributed by atoms with E-state index in [0.717, 1.165) is 24.8 Å². The number of nitrogens with zero attached hydrogens (tertiary/aromatic N) is 1. The molecule has 18 heavy (non-hydrogen) atoms. The van der Waals surface area contributed by atoms with E-state index in [9.17, 15) is 8.42 Å². The van der Waals surface area contributed by atoms with E-state index in [-0.39, 0.29) is 11.3 Å². The SMILES string of the molecule is Cc1ccncc1CNC1CCCC1S(C)(=O)=O. The Morgan fingerprint density at radius 1 is 1.44 bits per heavy atom. The lowest BCUT2D eigenvalue weighted by molar-refractivity contribution is 0.506. The van der Waals surface area contributed by atoms with Crippen molar-refractivity contribution in [2.24, 2.45) is 0 Å². The molecule has 1 aromatic rings. The van der Waals surface area contributed by atoms with Gasteiger partial charge in [-0.15, -0.1) is 0 Å². The van der Waals surface area contributed by atoms with Crippen molar-refractivity contribution in [3.05, 3.63) is 29.6 Å². The zero-order valence-electron chi connectivity index (χ0n) is 10.9. The summed E-state index contributed by atoms with van der Waals surface area (Å²) in [6, 6.07) is 2.05. The molecule has 0 radical (unpaired) electrons. The molecule has 1 N–H and O–H groups in total.